The number of carbonyl (C=O) groups is 2. The fourth-order valence-electron chi connectivity index (χ4n) is 6.19. The van der Waals surface area contributed by atoms with Gasteiger partial charge in [0.05, 0.1) is 18.3 Å². The highest BCUT2D eigenvalue weighted by Gasteiger charge is 2.88. The van der Waals surface area contributed by atoms with E-state index in [2.05, 4.69) is 0 Å². The van der Waals surface area contributed by atoms with E-state index >= 15 is 0 Å². The average Bonchev–Trinajstić information content (AvgIpc) is 2.88. The number of aliphatic hydroxyl groups excluding tert-OH is 5. The number of aliphatic hydroxyl groups is 5. The Morgan fingerprint density at radius 3 is 2.47 bits per heavy atom. The second-order valence-corrected chi connectivity index (χ2v) is 9.76. The maximum absolute atomic E-state index is 13.2. The van der Waals surface area contributed by atoms with Gasteiger partial charge in [0.25, 0.3) is 0 Å². The molecule has 186 valence electrons. The summed E-state index contributed by atoms with van der Waals surface area (Å²) in [5.74, 6) is -2.00. The highest BCUT2D eigenvalue weighted by molar-refractivity contribution is 5.90. The van der Waals surface area contributed by atoms with Crippen molar-refractivity contribution in [1.29, 1.82) is 0 Å². The smallest absolute Gasteiger partial charge is 0.338 e. The number of ether oxygens (including phenoxy) is 4. The van der Waals surface area contributed by atoms with E-state index in [0.29, 0.717) is 0 Å². The molecule has 5 N–H and O–H groups in total. The number of fused-ring (bicyclic) bond motifs is 1. The van der Waals surface area contributed by atoms with Crippen LogP contribution >= 0.6 is 0 Å². The standard InChI is InChI=1S/C23H28O11/c1-21-8-13(25)12-7-23(21,33-19-17(28)16(27)15(26)14(9-24)32-19)22(12,20(30)34-21)10-31-18(29)11-5-3-2-4-6-11/h2-6,12-17,19,24-28H,7-10H2,1H3/t12?,13-,14-,15-,16+,17-,19+,21?,22?,23?/m1/s1. The van der Waals surface area contributed by atoms with Gasteiger partial charge in [-0.1, -0.05) is 18.2 Å². The Balaban J connectivity index is 1.46. The van der Waals surface area contributed by atoms with Crippen molar-refractivity contribution in [2.75, 3.05) is 13.2 Å². The molecule has 4 bridgehead atoms. The summed E-state index contributed by atoms with van der Waals surface area (Å²) >= 11 is 0. The molecular weight excluding hydrogens is 452 g/mol. The van der Waals surface area contributed by atoms with Gasteiger partial charge in [-0.25, -0.2) is 4.79 Å². The van der Waals surface area contributed by atoms with Crippen LogP contribution in [0.2, 0.25) is 0 Å². The van der Waals surface area contributed by atoms with Crippen LogP contribution in [-0.4, -0.2) is 98.7 Å². The Morgan fingerprint density at radius 1 is 1.09 bits per heavy atom. The molecule has 11 nitrogen and oxygen atoms in total. The molecule has 5 fully saturated rings. The minimum atomic E-state index is -1.69. The van der Waals surface area contributed by atoms with Crippen LogP contribution < -0.4 is 0 Å². The van der Waals surface area contributed by atoms with E-state index in [0.717, 1.165) is 0 Å². The van der Waals surface area contributed by atoms with Crippen LogP contribution in [0.5, 0.6) is 0 Å². The first-order valence-electron chi connectivity index (χ1n) is 11.2. The molecule has 1 aromatic carbocycles. The van der Waals surface area contributed by atoms with E-state index in [-0.39, 0.29) is 18.4 Å². The monoisotopic (exact) mass is 480 g/mol. The number of rotatable bonds is 6. The van der Waals surface area contributed by atoms with E-state index in [1.165, 1.54) is 0 Å². The van der Waals surface area contributed by atoms with Gasteiger partial charge in [0.2, 0.25) is 0 Å². The third kappa shape index (κ3) is 2.95. The summed E-state index contributed by atoms with van der Waals surface area (Å²) in [6.07, 6.45) is -8.41. The minimum Gasteiger partial charge on any atom is -0.461 e. The van der Waals surface area contributed by atoms with Gasteiger partial charge < -0.3 is 44.5 Å². The van der Waals surface area contributed by atoms with E-state index in [9.17, 15) is 35.1 Å². The van der Waals surface area contributed by atoms with Crippen molar-refractivity contribution in [3.8, 4) is 0 Å². The predicted molar refractivity (Wildman–Crippen MR) is 110 cm³/mol. The van der Waals surface area contributed by atoms with Crippen LogP contribution in [0.1, 0.15) is 30.1 Å². The van der Waals surface area contributed by atoms with Gasteiger partial charge in [0, 0.05) is 12.3 Å². The summed E-state index contributed by atoms with van der Waals surface area (Å²) in [6, 6.07) is 8.20. The lowest BCUT2D eigenvalue weighted by Gasteiger charge is -2.66. The molecule has 0 spiro atoms. The molecule has 2 aliphatic heterocycles. The number of hydrogen-bond donors (Lipinski definition) is 5. The quantitative estimate of drug-likeness (QED) is 0.300. The summed E-state index contributed by atoms with van der Waals surface area (Å²) in [7, 11) is 0. The van der Waals surface area contributed by atoms with Crippen molar-refractivity contribution in [2.45, 2.75) is 67.8 Å². The number of carbonyl (C=O) groups excluding carboxylic acids is 2. The molecule has 1 aromatic rings. The van der Waals surface area contributed by atoms with Crippen LogP contribution in [0.3, 0.4) is 0 Å². The van der Waals surface area contributed by atoms with Gasteiger partial charge in [-0.05, 0) is 25.5 Å². The molecule has 6 rings (SSSR count). The summed E-state index contributed by atoms with van der Waals surface area (Å²) in [4.78, 5) is 25.9. The summed E-state index contributed by atoms with van der Waals surface area (Å²) in [5.41, 5.74) is -4.08. The molecule has 4 unspecified atom stereocenters. The van der Waals surface area contributed by atoms with Gasteiger partial charge in [-0.3, -0.25) is 4.79 Å². The molecule has 3 saturated carbocycles. The zero-order valence-electron chi connectivity index (χ0n) is 18.4. The third-order valence-electron chi connectivity index (χ3n) is 8.07. The summed E-state index contributed by atoms with van der Waals surface area (Å²) in [5, 5.41) is 51.0. The second-order valence-electron chi connectivity index (χ2n) is 9.76. The lowest BCUT2D eigenvalue weighted by Crippen LogP contribution is -2.80. The minimum absolute atomic E-state index is 0.0508. The van der Waals surface area contributed by atoms with Gasteiger partial charge in [-0.2, -0.15) is 0 Å². The maximum atomic E-state index is 13.2. The fourth-order valence-corrected chi connectivity index (χ4v) is 6.19. The van der Waals surface area contributed by atoms with Crippen molar-refractivity contribution in [3.63, 3.8) is 0 Å². The summed E-state index contributed by atoms with van der Waals surface area (Å²) < 4.78 is 22.9. The lowest BCUT2D eigenvalue weighted by atomic mass is 9.40. The van der Waals surface area contributed by atoms with Crippen LogP contribution in [-0.2, 0) is 23.7 Å². The van der Waals surface area contributed by atoms with Gasteiger partial charge in [0.1, 0.15) is 47.6 Å². The van der Waals surface area contributed by atoms with Crippen molar-refractivity contribution in [3.05, 3.63) is 35.9 Å². The molecule has 0 aromatic heterocycles. The Hall–Kier alpha value is -2.12. The van der Waals surface area contributed by atoms with Crippen molar-refractivity contribution in [1.82, 2.24) is 0 Å². The number of benzene rings is 1. The van der Waals surface area contributed by atoms with Crippen LogP contribution in [0, 0.1) is 11.3 Å². The molecule has 0 radical (unpaired) electrons. The molecule has 2 heterocycles. The first-order valence-corrected chi connectivity index (χ1v) is 11.2. The Labute approximate surface area is 194 Å². The Kier molecular flexibility index (Phi) is 5.52. The highest BCUT2D eigenvalue weighted by atomic mass is 16.7. The van der Waals surface area contributed by atoms with Gasteiger partial charge in [-0.15, -0.1) is 0 Å². The predicted octanol–water partition coefficient (Wildman–Crippen LogP) is -1.51. The normalized spacial score (nSPS) is 47.0. The van der Waals surface area contributed by atoms with Gasteiger partial charge in [0.15, 0.2) is 6.29 Å². The molecule has 0 amide bonds. The number of hydrogen-bond acceptors (Lipinski definition) is 11. The lowest BCUT2D eigenvalue weighted by molar-refractivity contribution is -0.394. The average molecular weight is 480 g/mol. The molecule has 11 heteroatoms. The molecular formula is C23H28O11. The van der Waals surface area contributed by atoms with E-state index in [1.54, 1.807) is 37.3 Å². The zero-order valence-corrected chi connectivity index (χ0v) is 18.4. The maximum Gasteiger partial charge on any atom is 0.338 e. The van der Waals surface area contributed by atoms with E-state index < -0.39 is 84.5 Å². The largest absolute Gasteiger partial charge is 0.461 e. The van der Waals surface area contributed by atoms with Crippen molar-refractivity contribution < 1.29 is 54.1 Å². The molecule has 10 atom stereocenters. The van der Waals surface area contributed by atoms with Gasteiger partial charge >= 0.3 is 11.9 Å². The Bertz CT molecular complexity index is 969. The number of esters is 2. The summed E-state index contributed by atoms with van der Waals surface area (Å²) in [6.45, 7) is 0.508. The highest BCUT2D eigenvalue weighted by Crippen LogP contribution is 2.73. The SMILES string of the molecule is CC12C[C@@H](O)C3CC1(O[C@@H]1O[C@H](CO)[C@@H](O)[C@H](O)[C@H]1O)C3(COC(=O)c1ccccc1)C(=O)O2. The fraction of sp³-hybridized carbons (Fsp3) is 0.652. The first kappa shape index (κ1) is 23.6. The third-order valence-corrected chi connectivity index (χ3v) is 8.07. The van der Waals surface area contributed by atoms with Crippen molar-refractivity contribution >= 4 is 11.9 Å². The second kappa shape index (κ2) is 7.95. The van der Waals surface area contributed by atoms with Crippen molar-refractivity contribution in [2.24, 2.45) is 11.3 Å². The topological polar surface area (TPSA) is 172 Å². The Morgan fingerprint density at radius 2 is 1.79 bits per heavy atom. The molecule has 34 heavy (non-hydrogen) atoms. The van der Waals surface area contributed by atoms with E-state index in [4.69, 9.17) is 18.9 Å². The first-order chi connectivity index (χ1) is 16.1. The zero-order chi connectivity index (χ0) is 24.5. The molecule has 5 aliphatic rings. The van der Waals surface area contributed by atoms with Crippen LogP contribution in [0.15, 0.2) is 30.3 Å². The van der Waals surface area contributed by atoms with E-state index in [1.807, 2.05) is 0 Å². The molecule has 2 saturated heterocycles. The van der Waals surface area contributed by atoms with Crippen LogP contribution in [0.4, 0.5) is 0 Å². The van der Waals surface area contributed by atoms with Crippen LogP contribution in [0.25, 0.3) is 0 Å². The molecule has 3 aliphatic carbocycles.